The number of alkyl halides is 3. The summed E-state index contributed by atoms with van der Waals surface area (Å²) in [5.41, 5.74) is -0.209. The Hall–Kier alpha value is -2.19. The molecule has 30 heavy (non-hydrogen) atoms. The van der Waals surface area contributed by atoms with Crippen LogP contribution in [0.1, 0.15) is 36.2 Å². The average molecular weight is 467 g/mol. The number of benzene rings is 1. The minimum absolute atomic E-state index is 0.125. The number of hydrogen-bond donors (Lipinski definition) is 1. The Balaban J connectivity index is 0.00000218. The van der Waals surface area contributed by atoms with Crippen LogP contribution in [0.5, 0.6) is 5.75 Å². The highest BCUT2D eigenvalue weighted by Crippen LogP contribution is 2.23. The van der Waals surface area contributed by atoms with Gasteiger partial charge in [0.05, 0.1) is 22.7 Å². The highest BCUT2D eigenvalue weighted by atomic mass is 35.5. The molecule has 0 spiro atoms. The van der Waals surface area contributed by atoms with Crippen molar-refractivity contribution in [2.45, 2.75) is 39.4 Å². The van der Waals surface area contributed by atoms with Crippen molar-refractivity contribution in [2.75, 3.05) is 13.7 Å². The summed E-state index contributed by atoms with van der Waals surface area (Å²) in [6.07, 6.45) is -2.44. The van der Waals surface area contributed by atoms with Gasteiger partial charge in [0, 0.05) is 12.7 Å². The summed E-state index contributed by atoms with van der Waals surface area (Å²) in [6, 6.07) is 6.35. The molecule has 1 amide bonds. The predicted molar refractivity (Wildman–Crippen MR) is 112 cm³/mol. The summed E-state index contributed by atoms with van der Waals surface area (Å²) in [5.74, 6) is -1.05. The standard InChI is InChI=1S/C18H17Cl2F3N2O3.C2H6/c1-28-15-12(6-8-25(17(15)27)10-18(21,22)23)16(26)24-7-2-3-11-4-5-13(19)14(20)9-11;1-2/h4-6,8-9H,2-3,7,10H2,1H3,(H,24,26);1-2H3. The Bertz CT molecular complexity index is 915. The van der Waals surface area contributed by atoms with Crippen LogP contribution in [-0.4, -0.2) is 30.3 Å². The Labute approximate surface area is 182 Å². The number of hydrogen-bond acceptors (Lipinski definition) is 3. The van der Waals surface area contributed by atoms with Crippen molar-refractivity contribution in [1.29, 1.82) is 0 Å². The van der Waals surface area contributed by atoms with Crippen LogP contribution < -0.4 is 15.6 Å². The van der Waals surface area contributed by atoms with Gasteiger partial charge in [-0.25, -0.2) is 0 Å². The van der Waals surface area contributed by atoms with E-state index in [2.05, 4.69) is 5.32 Å². The number of halogens is 5. The lowest BCUT2D eigenvalue weighted by Gasteiger charge is -2.13. The first kappa shape index (κ1) is 25.8. The van der Waals surface area contributed by atoms with Crippen molar-refractivity contribution in [3.05, 3.63) is 62.0 Å². The lowest BCUT2D eigenvalue weighted by atomic mass is 10.1. The summed E-state index contributed by atoms with van der Waals surface area (Å²) < 4.78 is 42.8. The molecule has 0 aliphatic rings. The molecule has 0 bridgehead atoms. The first-order chi connectivity index (χ1) is 14.1. The largest absolute Gasteiger partial charge is 0.491 e. The molecule has 0 radical (unpaired) electrons. The molecule has 0 atom stereocenters. The molecule has 10 heteroatoms. The van der Waals surface area contributed by atoms with Gasteiger partial charge in [0.1, 0.15) is 6.54 Å². The van der Waals surface area contributed by atoms with Gasteiger partial charge in [-0.15, -0.1) is 0 Å². The fourth-order valence-corrected chi connectivity index (χ4v) is 2.85. The van der Waals surface area contributed by atoms with Crippen molar-refractivity contribution in [3.8, 4) is 5.75 Å². The molecule has 0 fully saturated rings. The number of carbonyl (C=O) groups is 1. The second kappa shape index (κ2) is 11.9. The van der Waals surface area contributed by atoms with Crippen LogP contribution in [-0.2, 0) is 13.0 Å². The molecule has 0 aliphatic carbocycles. The molecule has 166 valence electrons. The molecule has 2 rings (SSSR count). The average Bonchev–Trinajstić information content (AvgIpc) is 2.69. The van der Waals surface area contributed by atoms with Gasteiger partial charge < -0.3 is 14.6 Å². The SMILES string of the molecule is CC.COc1c(C(=O)NCCCc2ccc(Cl)c(Cl)c2)ccn(CC(F)(F)F)c1=O. The first-order valence-corrected chi connectivity index (χ1v) is 9.94. The van der Waals surface area contributed by atoms with Crippen LogP contribution in [0.3, 0.4) is 0 Å². The first-order valence-electron chi connectivity index (χ1n) is 9.18. The number of ether oxygens (including phenoxy) is 1. The van der Waals surface area contributed by atoms with Crippen LogP contribution in [0.2, 0.25) is 10.0 Å². The fourth-order valence-electron chi connectivity index (χ4n) is 2.53. The Morgan fingerprint density at radius 1 is 1.17 bits per heavy atom. The Morgan fingerprint density at radius 3 is 2.40 bits per heavy atom. The number of nitrogens with one attached hydrogen (secondary N) is 1. The molecule has 1 aromatic carbocycles. The van der Waals surface area contributed by atoms with E-state index in [0.717, 1.165) is 24.9 Å². The van der Waals surface area contributed by atoms with E-state index in [1.807, 2.05) is 19.9 Å². The van der Waals surface area contributed by atoms with Crippen LogP contribution in [0.4, 0.5) is 13.2 Å². The van der Waals surface area contributed by atoms with E-state index in [1.165, 1.54) is 0 Å². The van der Waals surface area contributed by atoms with E-state index in [4.69, 9.17) is 27.9 Å². The quantitative estimate of drug-likeness (QED) is 0.576. The zero-order valence-electron chi connectivity index (χ0n) is 16.8. The number of rotatable bonds is 7. The van der Waals surface area contributed by atoms with Crippen molar-refractivity contribution < 1.29 is 22.7 Å². The molecule has 1 aromatic heterocycles. The second-order valence-corrected chi connectivity index (χ2v) is 6.73. The smallest absolute Gasteiger partial charge is 0.406 e. The van der Waals surface area contributed by atoms with E-state index >= 15 is 0 Å². The van der Waals surface area contributed by atoms with E-state index in [1.54, 1.807) is 12.1 Å². The van der Waals surface area contributed by atoms with Crippen LogP contribution in [0.15, 0.2) is 35.3 Å². The minimum Gasteiger partial charge on any atom is -0.491 e. The van der Waals surface area contributed by atoms with E-state index in [-0.39, 0.29) is 12.1 Å². The van der Waals surface area contributed by atoms with Gasteiger partial charge in [0.15, 0.2) is 5.75 Å². The number of amides is 1. The highest BCUT2D eigenvalue weighted by molar-refractivity contribution is 6.42. The van der Waals surface area contributed by atoms with Gasteiger partial charge >= 0.3 is 6.18 Å². The maximum absolute atomic E-state index is 12.5. The van der Waals surface area contributed by atoms with Gasteiger partial charge in [-0.1, -0.05) is 43.1 Å². The summed E-state index contributed by atoms with van der Waals surface area (Å²) in [4.78, 5) is 24.4. The van der Waals surface area contributed by atoms with Gasteiger partial charge in [0.25, 0.3) is 11.5 Å². The third kappa shape index (κ3) is 7.57. The zero-order valence-corrected chi connectivity index (χ0v) is 18.3. The van der Waals surface area contributed by atoms with Gasteiger partial charge in [-0.3, -0.25) is 9.59 Å². The van der Waals surface area contributed by atoms with Crippen molar-refractivity contribution in [1.82, 2.24) is 9.88 Å². The number of carbonyl (C=O) groups excluding carboxylic acids is 1. The molecule has 1 N–H and O–H groups in total. The highest BCUT2D eigenvalue weighted by Gasteiger charge is 2.29. The monoisotopic (exact) mass is 466 g/mol. The molecule has 5 nitrogen and oxygen atoms in total. The summed E-state index contributed by atoms with van der Waals surface area (Å²) in [6.45, 7) is 2.82. The molecule has 1 heterocycles. The van der Waals surface area contributed by atoms with Crippen LogP contribution in [0.25, 0.3) is 0 Å². The topological polar surface area (TPSA) is 60.3 Å². The number of methoxy groups -OCH3 is 1. The second-order valence-electron chi connectivity index (χ2n) is 5.92. The lowest BCUT2D eigenvalue weighted by molar-refractivity contribution is -0.141. The van der Waals surface area contributed by atoms with Gasteiger partial charge in [-0.05, 0) is 36.6 Å². The maximum Gasteiger partial charge on any atom is 0.406 e. The van der Waals surface area contributed by atoms with Crippen LogP contribution in [0, 0.1) is 0 Å². The normalized spacial score (nSPS) is 10.8. The third-order valence-corrected chi connectivity index (χ3v) is 4.57. The maximum atomic E-state index is 12.5. The molecule has 0 saturated carbocycles. The van der Waals surface area contributed by atoms with Gasteiger partial charge in [-0.2, -0.15) is 13.2 Å². The Morgan fingerprint density at radius 2 is 1.83 bits per heavy atom. The molecular formula is C20H23Cl2F3N2O3. The van der Waals surface area contributed by atoms with Crippen molar-refractivity contribution in [2.24, 2.45) is 0 Å². The zero-order chi connectivity index (χ0) is 22.9. The van der Waals surface area contributed by atoms with E-state index in [9.17, 15) is 22.8 Å². The van der Waals surface area contributed by atoms with Gasteiger partial charge in [0.2, 0.25) is 0 Å². The molecule has 0 saturated heterocycles. The van der Waals surface area contributed by atoms with Crippen LogP contribution >= 0.6 is 23.2 Å². The third-order valence-electron chi connectivity index (χ3n) is 3.83. The summed E-state index contributed by atoms with van der Waals surface area (Å²) >= 11 is 11.8. The minimum atomic E-state index is -4.57. The van der Waals surface area contributed by atoms with E-state index < -0.39 is 29.9 Å². The summed E-state index contributed by atoms with van der Waals surface area (Å²) in [7, 11) is 1.12. The number of pyridine rings is 1. The van der Waals surface area contributed by atoms with Crippen molar-refractivity contribution in [3.63, 3.8) is 0 Å². The summed E-state index contributed by atoms with van der Waals surface area (Å²) in [5, 5.41) is 3.50. The molecule has 2 aromatic rings. The molecule has 0 aliphatic heterocycles. The van der Waals surface area contributed by atoms with E-state index in [0.29, 0.717) is 27.5 Å². The predicted octanol–water partition coefficient (Wildman–Crippen LogP) is 5.11. The number of nitrogens with zero attached hydrogens (tertiary/aromatic N) is 1. The number of aromatic nitrogens is 1. The lowest BCUT2D eigenvalue weighted by Crippen LogP contribution is -2.32. The van der Waals surface area contributed by atoms with Crippen molar-refractivity contribution >= 4 is 29.1 Å². The number of aryl methyl sites for hydroxylation is 1. The fraction of sp³-hybridized carbons (Fsp3) is 0.400. The molecular weight excluding hydrogens is 444 g/mol. The Kier molecular flexibility index (Phi) is 10.2. The molecule has 0 unspecified atom stereocenters.